The second kappa shape index (κ2) is 9.24. The van der Waals surface area contributed by atoms with E-state index >= 15 is 0 Å². The highest BCUT2D eigenvalue weighted by molar-refractivity contribution is 5.78. The molecule has 1 unspecified atom stereocenters. The fourth-order valence-corrected chi connectivity index (χ4v) is 4.72. The molecule has 3 heterocycles. The topological polar surface area (TPSA) is 54.7 Å². The monoisotopic (exact) mass is 441 g/mol. The highest BCUT2D eigenvalue weighted by atomic mass is 16.5. The molecule has 1 N–H and O–H groups in total. The summed E-state index contributed by atoms with van der Waals surface area (Å²) in [6.07, 6.45) is 8.08. The smallest absolute Gasteiger partial charge is 0.156 e. The van der Waals surface area contributed by atoms with Crippen molar-refractivity contribution in [1.29, 1.82) is 0 Å². The molecule has 6 heteroatoms. The fourth-order valence-electron chi connectivity index (χ4n) is 4.72. The number of nitrogens with zero attached hydrogens (tertiary/aromatic N) is 4. The normalized spacial score (nSPS) is 16.8. The van der Waals surface area contributed by atoms with E-state index in [0.29, 0.717) is 5.92 Å². The summed E-state index contributed by atoms with van der Waals surface area (Å²) in [5, 5.41) is 3.52. The molecule has 1 aliphatic rings. The average molecular weight is 442 g/mol. The van der Waals surface area contributed by atoms with Gasteiger partial charge in [-0.05, 0) is 63.5 Å². The molecule has 4 aromatic rings. The largest absolute Gasteiger partial charge is 0.493 e. The molecule has 0 aliphatic carbocycles. The summed E-state index contributed by atoms with van der Waals surface area (Å²) in [7, 11) is 2.19. The van der Waals surface area contributed by atoms with E-state index in [2.05, 4.69) is 70.8 Å². The van der Waals surface area contributed by atoms with Crippen LogP contribution in [-0.4, -0.2) is 46.0 Å². The first-order valence-corrected chi connectivity index (χ1v) is 11.6. The quantitative estimate of drug-likeness (QED) is 0.430. The molecular weight excluding hydrogens is 410 g/mol. The van der Waals surface area contributed by atoms with Crippen LogP contribution in [0.4, 0.5) is 11.5 Å². The van der Waals surface area contributed by atoms with Crippen molar-refractivity contribution in [2.75, 3.05) is 32.1 Å². The minimum Gasteiger partial charge on any atom is -0.493 e. The Hall–Kier alpha value is -3.38. The molecule has 1 aliphatic heterocycles. The number of hydrogen-bond donors (Lipinski definition) is 1. The Morgan fingerprint density at radius 3 is 2.73 bits per heavy atom. The van der Waals surface area contributed by atoms with Gasteiger partial charge >= 0.3 is 0 Å². The van der Waals surface area contributed by atoms with Crippen LogP contribution in [0.25, 0.3) is 16.8 Å². The molecular formula is C27H31N5O. The molecule has 1 fully saturated rings. The van der Waals surface area contributed by atoms with Crippen molar-refractivity contribution in [3.63, 3.8) is 0 Å². The lowest BCUT2D eigenvalue weighted by molar-refractivity contribution is 0.150. The molecule has 0 radical (unpaired) electrons. The van der Waals surface area contributed by atoms with Crippen LogP contribution in [0.15, 0.2) is 61.2 Å². The molecule has 170 valence electrons. The Labute approximate surface area is 195 Å². The van der Waals surface area contributed by atoms with Gasteiger partial charge in [-0.15, -0.1) is 0 Å². The van der Waals surface area contributed by atoms with Crippen LogP contribution in [0.1, 0.15) is 24.0 Å². The first kappa shape index (κ1) is 21.5. The van der Waals surface area contributed by atoms with Gasteiger partial charge in [-0.3, -0.25) is 4.40 Å². The molecule has 1 atom stereocenters. The molecule has 1 saturated heterocycles. The fraction of sp³-hybridized carbons (Fsp3) is 0.333. The summed E-state index contributed by atoms with van der Waals surface area (Å²) >= 11 is 0. The lowest BCUT2D eigenvalue weighted by Crippen LogP contribution is -2.34. The van der Waals surface area contributed by atoms with E-state index in [1.165, 1.54) is 30.5 Å². The van der Waals surface area contributed by atoms with Crippen LogP contribution >= 0.6 is 0 Å². The summed E-state index contributed by atoms with van der Waals surface area (Å²) in [5.41, 5.74) is 6.44. The molecule has 0 saturated carbocycles. The molecule has 0 spiro atoms. The van der Waals surface area contributed by atoms with Crippen molar-refractivity contribution >= 4 is 17.0 Å². The van der Waals surface area contributed by atoms with E-state index in [9.17, 15) is 0 Å². The van der Waals surface area contributed by atoms with Crippen molar-refractivity contribution in [3.05, 3.63) is 72.3 Å². The van der Waals surface area contributed by atoms with Gasteiger partial charge in [0.25, 0.3) is 0 Å². The number of aryl methyl sites for hydroxylation is 2. The third-order valence-corrected chi connectivity index (χ3v) is 6.52. The van der Waals surface area contributed by atoms with Gasteiger partial charge in [-0.2, -0.15) is 0 Å². The number of ether oxygens (including phenoxy) is 1. The van der Waals surface area contributed by atoms with Crippen LogP contribution < -0.4 is 10.1 Å². The van der Waals surface area contributed by atoms with Crippen molar-refractivity contribution in [3.8, 4) is 17.0 Å². The van der Waals surface area contributed by atoms with Gasteiger partial charge in [0.2, 0.25) is 0 Å². The summed E-state index contributed by atoms with van der Waals surface area (Å²) in [6, 6.07) is 14.6. The number of para-hydroxylation sites is 1. The van der Waals surface area contributed by atoms with E-state index in [4.69, 9.17) is 9.72 Å². The highest BCUT2D eigenvalue weighted by Crippen LogP contribution is 2.30. The van der Waals surface area contributed by atoms with Crippen LogP contribution in [0.3, 0.4) is 0 Å². The van der Waals surface area contributed by atoms with Crippen molar-refractivity contribution < 1.29 is 4.74 Å². The Bertz CT molecular complexity index is 1240. The molecule has 5 rings (SSSR count). The second-order valence-corrected chi connectivity index (χ2v) is 9.14. The van der Waals surface area contributed by atoms with E-state index in [-0.39, 0.29) is 0 Å². The van der Waals surface area contributed by atoms with E-state index < -0.39 is 0 Å². The van der Waals surface area contributed by atoms with Gasteiger partial charge in [0.1, 0.15) is 11.3 Å². The second-order valence-electron chi connectivity index (χ2n) is 9.14. The maximum atomic E-state index is 6.19. The first-order chi connectivity index (χ1) is 16.1. The molecule has 6 nitrogen and oxygen atoms in total. The van der Waals surface area contributed by atoms with Crippen molar-refractivity contribution in [1.82, 2.24) is 19.3 Å². The van der Waals surface area contributed by atoms with Crippen molar-refractivity contribution in [2.24, 2.45) is 5.92 Å². The third kappa shape index (κ3) is 4.57. The number of anilines is 2. The predicted octanol–water partition coefficient (Wildman–Crippen LogP) is 5.48. The number of benzene rings is 2. The summed E-state index contributed by atoms with van der Waals surface area (Å²) in [4.78, 5) is 11.6. The molecule has 33 heavy (non-hydrogen) atoms. The highest BCUT2D eigenvalue weighted by Gasteiger charge is 2.18. The van der Waals surface area contributed by atoms with Crippen molar-refractivity contribution in [2.45, 2.75) is 26.7 Å². The number of piperidine rings is 1. The van der Waals surface area contributed by atoms with Gasteiger partial charge in [-0.1, -0.05) is 30.3 Å². The Morgan fingerprint density at radius 1 is 1.09 bits per heavy atom. The Morgan fingerprint density at radius 2 is 1.91 bits per heavy atom. The van der Waals surface area contributed by atoms with Gasteiger partial charge < -0.3 is 15.0 Å². The SMILES string of the molecule is Cc1cccc(C)c1Nc1ncc(-c2cccc(OCC3CCCN(C)C3)c2)n2cncc12. The van der Waals surface area contributed by atoms with Gasteiger partial charge in [0.05, 0.1) is 31.0 Å². The minimum absolute atomic E-state index is 0.588. The molecule has 0 amide bonds. The van der Waals surface area contributed by atoms with Gasteiger partial charge in [0, 0.05) is 23.7 Å². The van der Waals surface area contributed by atoms with Crippen LogP contribution in [0, 0.1) is 19.8 Å². The maximum absolute atomic E-state index is 6.19. The average Bonchev–Trinajstić information content (AvgIpc) is 3.31. The van der Waals surface area contributed by atoms with Gasteiger partial charge in [-0.25, -0.2) is 9.97 Å². The first-order valence-electron chi connectivity index (χ1n) is 11.6. The van der Waals surface area contributed by atoms with E-state index in [0.717, 1.165) is 47.2 Å². The zero-order valence-electron chi connectivity index (χ0n) is 19.6. The number of aromatic nitrogens is 3. The number of nitrogens with one attached hydrogen (secondary N) is 1. The van der Waals surface area contributed by atoms with Crippen LogP contribution in [-0.2, 0) is 0 Å². The lowest BCUT2D eigenvalue weighted by Gasteiger charge is -2.29. The number of hydrogen-bond acceptors (Lipinski definition) is 5. The predicted molar refractivity (Wildman–Crippen MR) is 133 cm³/mol. The standard InChI is InChI=1S/C27H31N5O/c1-19-7-4-8-20(2)26(19)30-27-25-14-28-18-32(25)24(15-29-27)22-10-5-11-23(13-22)33-17-21-9-6-12-31(3)16-21/h4-5,7-8,10-11,13-15,18,21H,6,9,12,16-17H2,1-3H3,(H,29,30). The number of rotatable bonds is 6. The number of imidazole rings is 1. The summed E-state index contributed by atoms with van der Waals surface area (Å²) in [6.45, 7) is 7.26. The maximum Gasteiger partial charge on any atom is 0.156 e. The number of fused-ring (bicyclic) bond motifs is 1. The molecule has 0 bridgehead atoms. The lowest BCUT2D eigenvalue weighted by atomic mass is 9.99. The summed E-state index contributed by atoms with van der Waals surface area (Å²) in [5.74, 6) is 2.28. The summed E-state index contributed by atoms with van der Waals surface area (Å²) < 4.78 is 8.28. The van der Waals surface area contributed by atoms with E-state index in [1.807, 2.05) is 30.9 Å². The van der Waals surface area contributed by atoms with E-state index in [1.54, 1.807) is 0 Å². The van der Waals surface area contributed by atoms with Gasteiger partial charge in [0.15, 0.2) is 5.82 Å². The number of likely N-dealkylation sites (tertiary alicyclic amines) is 1. The third-order valence-electron chi connectivity index (χ3n) is 6.52. The zero-order chi connectivity index (χ0) is 22.8. The minimum atomic E-state index is 0.588. The zero-order valence-corrected chi connectivity index (χ0v) is 19.6. The molecule has 2 aromatic heterocycles. The Kier molecular flexibility index (Phi) is 6.01. The van der Waals surface area contributed by atoms with Crippen LogP contribution in [0.2, 0.25) is 0 Å². The van der Waals surface area contributed by atoms with Crippen LogP contribution in [0.5, 0.6) is 5.75 Å². The molecule has 2 aromatic carbocycles. The Balaban J connectivity index is 1.40.